The van der Waals surface area contributed by atoms with Crippen molar-refractivity contribution < 1.29 is 29.9 Å². The number of benzene rings is 2. The van der Waals surface area contributed by atoms with Gasteiger partial charge in [0, 0.05) is 12.5 Å². The fraction of sp³-hybridized carbons (Fsp3) is 0.538. The molecule has 2 fully saturated rings. The minimum absolute atomic E-state index is 0.265. The molecule has 2 aromatic rings. The topological polar surface area (TPSA) is 99.4 Å². The van der Waals surface area contributed by atoms with E-state index in [9.17, 15) is 20.4 Å². The molecule has 0 saturated carbocycles. The number of ether oxygens (including phenoxy) is 2. The summed E-state index contributed by atoms with van der Waals surface area (Å²) in [6.07, 6.45) is -3.15. The lowest BCUT2D eigenvalue weighted by Gasteiger charge is -2.40. The Hall–Kier alpha value is -1.80. The number of aliphatic hydroxyl groups excluding tert-OH is 4. The zero-order valence-electron chi connectivity index (χ0n) is 18.8. The molecule has 0 bridgehead atoms. The SMILES string of the molecule is CCc1ccc(Cc2cc([C@@H]3O[C@H](CO)[C@@H](O)[C@H](O)[C@H]3O)cc(C3CCOC3)c2C)cc1. The monoisotopic (exact) mass is 442 g/mol. The highest BCUT2D eigenvalue weighted by molar-refractivity contribution is 5.44. The van der Waals surface area contributed by atoms with Crippen LogP contribution in [0, 0.1) is 6.92 Å². The van der Waals surface area contributed by atoms with Gasteiger partial charge in [-0.05, 0) is 59.6 Å². The lowest BCUT2D eigenvalue weighted by molar-refractivity contribution is -0.231. The highest BCUT2D eigenvalue weighted by Gasteiger charge is 2.44. The number of rotatable bonds is 6. The van der Waals surface area contributed by atoms with Crippen molar-refractivity contribution in [3.05, 3.63) is 69.8 Å². The molecule has 1 unspecified atom stereocenters. The van der Waals surface area contributed by atoms with Gasteiger partial charge in [0.05, 0.1) is 13.2 Å². The minimum atomic E-state index is -1.39. The van der Waals surface area contributed by atoms with E-state index in [0.717, 1.165) is 42.6 Å². The van der Waals surface area contributed by atoms with E-state index < -0.39 is 37.1 Å². The molecule has 4 rings (SSSR count). The fourth-order valence-electron chi connectivity index (χ4n) is 4.87. The molecule has 174 valence electrons. The van der Waals surface area contributed by atoms with E-state index >= 15 is 0 Å². The van der Waals surface area contributed by atoms with Gasteiger partial charge in [-0.3, -0.25) is 0 Å². The van der Waals surface area contributed by atoms with Crippen molar-refractivity contribution in [1.82, 2.24) is 0 Å². The highest BCUT2D eigenvalue weighted by atomic mass is 16.5. The van der Waals surface area contributed by atoms with Crippen LogP contribution in [0.25, 0.3) is 0 Å². The van der Waals surface area contributed by atoms with Crippen molar-refractivity contribution in [2.24, 2.45) is 0 Å². The van der Waals surface area contributed by atoms with Gasteiger partial charge in [-0.1, -0.05) is 43.3 Å². The Balaban J connectivity index is 1.72. The smallest absolute Gasteiger partial charge is 0.113 e. The first-order chi connectivity index (χ1) is 15.4. The van der Waals surface area contributed by atoms with Crippen molar-refractivity contribution in [3.63, 3.8) is 0 Å². The van der Waals surface area contributed by atoms with Crippen LogP contribution in [0.3, 0.4) is 0 Å². The molecule has 0 aliphatic carbocycles. The highest BCUT2D eigenvalue weighted by Crippen LogP contribution is 2.37. The van der Waals surface area contributed by atoms with Gasteiger partial charge in [-0.15, -0.1) is 0 Å². The molecule has 32 heavy (non-hydrogen) atoms. The van der Waals surface area contributed by atoms with Crippen LogP contribution in [0.5, 0.6) is 0 Å². The largest absolute Gasteiger partial charge is 0.394 e. The third-order valence-corrected chi connectivity index (χ3v) is 6.99. The maximum absolute atomic E-state index is 10.7. The Morgan fingerprint density at radius 1 is 0.969 bits per heavy atom. The van der Waals surface area contributed by atoms with E-state index in [1.165, 1.54) is 16.7 Å². The minimum Gasteiger partial charge on any atom is -0.394 e. The third-order valence-electron chi connectivity index (χ3n) is 6.99. The van der Waals surface area contributed by atoms with Gasteiger partial charge >= 0.3 is 0 Å². The average molecular weight is 443 g/mol. The second-order valence-electron chi connectivity index (χ2n) is 9.05. The lowest BCUT2D eigenvalue weighted by atomic mass is 9.84. The maximum atomic E-state index is 10.7. The molecule has 2 heterocycles. The zero-order chi connectivity index (χ0) is 22.8. The first-order valence-corrected chi connectivity index (χ1v) is 11.5. The van der Waals surface area contributed by atoms with Crippen molar-refractivity contribution in [3.8, 4) is 0 Å². The second kappa shape index (κ2) is 10.00. The second-order valence-corrected chi connectivity index (χ2v) is 9.05. The van der Waals surface area contributed by atoms with Gasteiger partial charge in [-0.25, -0.2) is 0 Å². The molecule has 2 aliphatic heterocycles. The molecule has 2 aliphatic rings. The van der Waals surface area contributed by atoms with Crippen molar-refractivity contribution >= 4 is 0 Å². The number of aliphatic hydroxyl groups is 4. The quantitative estimate of drug-likeness (QED) is 0.547. The Bertz CT molecular complexity index is 903. The summed E-state index contributed by atoms with van der Waals surface area (Å²) in [4.78, 5) is 0. The molecule has 6 atom stereocenters. The van der Waals surface area contributed by atoms with E-state index in [1.807, 2.05) is 12.1 Å². The Labute approximate surface area is 189 Å². The molecule has 0 aromatic heterocycles. The fourth-order valence-corrected chi connectivity index (χ4v) is 4.87. The third kappa shape index (κ3) is 4.62. The number of aryl methyl sites for hydroxylation is 1. The van der Waals surface area contributed by atoms with Gasteiger partial charge in [0.1, 0.15) is 30.5 Å². The Kier molecular flexibility index (Phi) is 7.30. The van der Waals surface area contributed by atoms with Gasteiger partial charge in [0.25, 0.3) is 0 Å². The van der Waals surface area contributed by atoms with Gasteiger partial charge in [0.15, 0.2) is 0 Å². The van der Waals surface area contributed by atoms with Gasteiger partial charge in [-0.2, -0.15) is 0 Å². The molecular formula is C26H34O6. The normalized spacial score (nSPS) is 30.6. The summed E-state index contributed by atoms with van der Waals surface area (Å²) >= 11 is 0. The van der Waals surface area contributed by atoms with E-state index in [0.29, 0.717) is 6.61 Å². The number of hydrogen-bond donors (Lipinski definition) is 4. The van der Waals surface area contributed by atoms with Crippen LogP contribution in [0.1, 0.15) is 58.7 Å². The predicted molar refractivity (Wildman–Crippen MR) is 121 cm³/mol. The van der Waals surface area contributed by atoms with Crippen LogP contribution < -0.4 is 0 Å². The maximum Gasteiger partial charge on any atom is 0.113 e. The van der Waals surface area contributed by atoms with E-state index in [1.54, 1.807) is 0 Å². The van der Waals surface area contributed by atoms with E-state index in [4.69, 9.17) is 9.47 Å². The molecule has 0 amide bonds. The summed E-state index contributed by atoms with van der Waals surface area (Å²) in [5, 5.41) is 40.8. The predicted octanol–water partition coefficient (Wildman–Crippen LogP) is 2.17. The van der Waals surface area contributed by atoms with Crippen LogP contribution in [-0.2, 0) is 22.3 Å². The first kappa shape index (κ1) is 23.4. The molecule has 0 spiro atoms. The van der Waals surface area contributed by atoms with Crippen LogP contribution in [0.15, 0.2) is 36.4 Å². The molecule has 0 radical (unpaired) electrons. The van der Waals surface area contributed by atoms with Crippen molar-refractivity contribution in [1.29, 1.82) is 0 Å². The molecule has 6 nitrogen and oxygen atoms in total. The van der Waals surface area contributed by atoms with E-state index in [-0.39, 0.29) is 5.92 Å². The molecule has 2 aromatic carbocycles. The molecule has 4 N–H and O–H groups in total. The van der Waals surface area contributed by atoms with Crippen LogP contribution >= 0.6 is 0 Å². The summed E-state index contributed by atoms with van der Waals surface area (Å²) in [6, 6.07) is 12.7. The van der Waals surface area contributed by atoms with Crippen molar-refractivity contribution in [2.75, 3.05) is 19.8 Å². The zero-order valence-corrected chi connectivity index (χ0v) is 18.8. The molecule has 2 saturated heterocycles. The summed E-state index contributed by atoms with van der Waals surface area (Å²) in [5.74, 6) is 0.265. The summed E-state index contributed by atoms with van der Waals surface area (Å²) in [6.45, 7) is 5.21. The van der Waals surface area contributed by atoms with Gasteiger partial charge in [0.2, 0.25) is 0 Å². The number of hydrogen-bond acceptors (Lipinski definition) is 6. The van der Waals surface area contributed by atoms with Crippen LogP contribution in [0.4, 0.5) is 0 Å². The van der Waals surface area contributed by atoms with E-state index in [2.05, 4.69) is 38.1 Å². The first-order valence-electron chi connectivity index (χ1n) is 11.5. The molecular weight excluding hydrogens is 408 g/mol. The Morgan fingerprint density at radius 2 is 1.69 bits per heavy atom. The Morgan fingerprint density at radius 3 is 2.31 bits per heavy atom. The van der Waals surface area contributed by atoms with Gasteiger partial charge < -0.3 is 29.9 Å². The van der Waals surface area contributed by atoms with Crippen LogP contribution in [0.2, 0.25) is 0 Å². The average Bonchev–Trinajstić information content (AvgIpc) is 3.34. The summed E-state index contributed by atoms with van der Waals surface area (Å²) < 4.78 is 11.5. The summed E-state index contributed by atoms with van der Waals surface area (Å²) in [5.41, 5.74) is 6.74. The molecule has 6 heteroatoms. The summed E-state index contributed by atoms with van der Waals surface area (Å²) in [7, 11) is 0. The standard InChI is InChI=1S/C26H34O6/c1-3-16-4-6-17(7-5-16)10-19-11-20(12-21(15(19)2)18-8-9-31-14-18)26-25(30)24(29)23(28)22(13-27)32-26/h4-7,11-12,18,22-30H,3,8-10,13-14H2,1-2H3/t18?,22-,23-,24+,25-,26+/m1/s1. The van der Waals surface area contributed by atoms with Crippen molar-refractivity contribution in [2.45, 2.75) is 69.5 Å². The lowest BCUT2D eigenvalue weighted by Crippen LogP contribution is -2.55. The van der Waals surface area contributed by atoms with Crippen LogP contribution in [-0.4, -0.2) is 64.7 Å².